The van der Waals surface area contributed by atoms with E-state index in [0.29, 0.717) is 0 Å². The number of rotatable bonds is 5. The Hall–Kier alpha value is -9.24. The SMILES string of the molecule is CC1(C)c2ccccc2N(c2ccc3c(-c4ccc5ccccc5c4)c4cc(N5c6ccccc6C(C)(C)c6ccccc65)ccc4c(-c4ccc(-c5cc6ccccc6c6ccccc56)cc4)c3c2)c2ccccc21. The van der Waals surface area contributed by atoms with Crippen LogP contribution in [0.5, 0.6) is 0 Å². The van der Waals surface area contributed by atoms with E-state index in [1.54, 1.807) is 0 Å². The molecule has 76 heavy (non-hydrogen) atoms. The van der Waals surface area contributed by atoms with Gasteiger partial charge in [0.15, 0.2) is 0 Å². The molecule has 0 aliphatic carbocycles. The second kappa shape index (κ2) is 16.6. The van der Waals surface area contributed by atoms with Crippen molar-refractivity contribution in [2.24, 2.45) is 0 Å². The monoisotopic (exact) mass is 970 g/mol. The Labute approximate surface area is 444 Å². The lowest BCUT2D eigenvalue weighted by molar-refractivity contribution is 0.632. The minimum atomic E-state index is -0.174. The lowest BCUT2D eigenvalue weighted by Crippen LogP contribution is -2.30. The highest BCUT2D eigenvalue weighted by atomic mass is 15.2. The number of benzene rings is 13. The fraction of sp³-hybridized carbons (Fsp3) is 0.0811. The molecule has 13 aromatic carbocycles. The zero-order valence-corrected chi connectivity index (χ0v) is 43.1. The maximum absolute atomic E-state index is 2.50. The first-order valence-corrected chi connectivity index (χ1v) is 26.7. The quantitative estimate of drug-likeness (QED) is 0.125. The highest BCUT2D eigenvalue weighted by Crippen LogP contribution is 2.56. The molecule has 2 aliphatic heterocycles. The minimum absolute atomic E-state index is 0.172. The van der Waals surface area contributed by atoms with Crippen molar-refractivity contribution in [1.82, 2.24) is 0 Å². The first-order valence-electron chi connectivity index (χ1n) is 26.7. The van der Waals surface area contributed by atoms with Gasteiger partial charge in [-0.25, -0.2) is 0 Å². The molecule has 2 nitrogen and oxygen atoms in total. The lowest BCUT2D eigenvalue weighted by atomic mass is 9.73. The molecule has 0 N–H and O–H groups in total. The number of para-hydroxylation sites is 4. The van der Waals surface area contributed by atoms with Gasteiger partial charge in [-0.2, -0.15) is 0 Å². The van der Waals surface area contributed by atoms with E-state index in [4.69, 9.17) is 0 Å². The molecule has 0 fully saturated rings. The van der Waals surface area contributed by atoms with E-state index in [2.05, 4.69) is 292 Å². The minimum Gasteiger partial charge on any atom is -0.310 e. The molecule has 0 atom stereocenters. The normalized spacial score (nSPS) is 14.2. The van der Waals surface area contributed by atoms with Crippen LogP contribution in [0.4, 0.5) is 34.1 Å². The van der Waals surface area contributed by atoms with Crippen molar-refractivity contribution in [2.45, 2.75) is 38.5 Å². The van der Waals surface area contributed by atoms with Gasteiger partial charge >= 0.3 is 0 Å². The van der Waals surface area contributed by atoms with Gasteiger partial charge in [-0.05, 0) is 170 Å². The fourth-order valence-electron chi connectivity index (χ4n) is 13.5. The molecule has 360 valence electrons. The van der Waals surface area contributed by atoms with Crippen molar-refractivity contribution in [1.29, 1.82) is 0 Å². The Balaban J connectivity index is 1.03. The summed E-state index contributed by atoms with van der Waals surface area (Å²) in [6.07, 6.45) is 0. The summed E-state index contributed by atoms with van der Waals surface area (Å²) >= 11 is 0. The van der Waals surface area contributed by atoms with E-state index < -0.39 is 0 Å². The Morgan fingerprint density at radius 1 is 0.250 bits per heavy atom. The first-order chi connectivity index (χ1) is 37.2. The topological polar surface area (TPSA) is 6.48 Å². The van der Waals surface area contributed by atoms with Crippen molar-refractivity contribution in [2.75, 3.05) is 9.80 Å². The molecular weight excluding hydrogens is 917 g/mol. The summed E-state index contributed by atoms with van der Waals surface area (Å²) in [5.41, 5.74) is 19.3. The molecule has 15 rings (SSSR count). The van der Waals surface area contributed by atoms with Crippen LogP contribution in [0.15, 0.2) is 255 Å². The number of hydrogen-bond acceptors (Lipinski definition) is 2. The molecule has 2 aliphatic rings. The van der Waals surface area contributed by atoms with Gasteiger partial charge in [-0.3, -0.25) is 0 Å². The van der Waals surface area contributed by atoms with Gasteiger partial charge in [0, 0.05) is 22.2 Å². The second-order valence-electron chi connectivity index (χ2n) is 22.0. The van der Waals surface area contributed by atoms with Gasteiger partial charge < -0.3 is 9.80 Å². The average Bonchev–Trinajstić information content (AvgIpc) is 3.48. The maximum Gasteiger partial charge on any atom is 0.0502 e. The molecule has 2 heteroatoms. The Morgan fingerprint density at radius 2 is 0.645 bits per heavy atom. The number of hydrogen-bond donors (Lipinski definition) is 0. The van der Waals surface area contributed by atoms with E-state index in [1.807, 2.05) is 0 Å². The van der Waals surface area contributed by atoms with Crippen molar-refractivity contribution in [3.05, 3.63) is 277 Å². The van der Waals surface area contributed by atoms with E-state index >= 15 is 0 Å². The standard InChI is InChI=1S/C74H54N2/c1-73(2)63-25-11-15-29-67(63)75(68-30-16-12-26-64(68)73)53-40-42-59-61(45-53)71(49-36-34-48(35-37-49)60-44-51-21-7-8-22-55(51)56-23-9-10-24-57(56)60)58-41-39-54(46-62(58)72(59)52-38-33-47-19-5-6-20-50(47)43-52)76-69-31-17-13-27-65(69)74(3,4)66-28-14-18-32-70(66)76/h5-46H,1-4H3. The molecule has 0 amide bonds. The molecule has 0 bridgehead atoms. The van der Waals surface area contributed by atoms with Crippen LogP contribution >= 0.6 is 0 Å². The second-order valence-corrected chi connectivity index (χ2v) is 22.0. The summed E-state index contributed by atoms with van der Waals surface area (Å²) in [5, 5.41) is 12.4. The summed E-state index contributed by atoms with van der Waals surface area (Å²) in [5.74, 6) is 0. The highest BCUT2D eigenvalue weighted by Gasteiger charge is 2.38. The maximum atomic E-state index is 2.50. The van der Waals surface area contributed by atoms with Crippen LogP contribution in [0, 0.1) is 0 Å². The summed E-state index contributed by atoms with van der Waals surface area (Å²) in [6, 6.07) is 95.7. The van der Waals surface area contributed by atoms with Crippen LogP contribution in [-0.2, 0) is 10.8 Å². The molecule has 0 unspecified atom stereocenters. The Kier molecular flexibility index (Phi) is 9.69. The van der Waals surface area contributed by atoms with Crippen LogP contribution in [0.25, 0.3) is 87.2 Å². The zero-order chi connectivity index (χ0) is 50.9. The number of fused-ring (bicyclic) bond motifs is 10. The van der Waals surface area contributed by atoms with Crippen LogP contribution in [0.3, 0.4) is 0 Å². The molecule has 0 saturated carbocycles. The fourth-order valence-corrected chi connectivity index (χ4v) is 13.5. The molecular formula is C74H54N2. The van der Waals surface area contributed by atoms with Gasteiger partial charge in [0.25, 0.3) is 0 Å². The molecule has 0 saturated heterocycles. The van der Waals surface area contributed by atoms with Gasteiger partial charge in [-0.1, -0.05) is 222 Å². The zero-order valence-electron chi connectivity index (χ0n) is 43.1. The van der Waals surface area contributed by atoms with E-state index in [9.17, 15) is 0 Å². The summed E-state index contributed by atoms with van der Waals surface area (Å²) in [4.78, 5) is 5.00. The lowest BCUT2D eigenvalue weighted by Gasteiger charge is -2.42. The first kappa shape index (κ1) is 44.3. The number of anilines is 6. The van der Waals surface area contributed by atoms with Crippen LogP contribution in [0.1, 0.15) is 49.9 Å². The third-order valence-electron chi connectivity index (χ3n) is 17.2. The predicted molar refractivity (Wildman–Crippen MR) is 324 cm³/mol. The third kappa shape index (κ3) is 6.53. The highest BCUT2D eigenvalue weighted by molar-refractivity contribution is 6.23. The smallest absolute Gasteiger partial charge is 0.0502 e. The molecule has 0 spiro atoms. The van der Waals surface area contributed by atoms with E-state index in [0.717, 1.165) is 11.4 Å². The molecule has 2 heterocycles. The Morgan fingerprint density at radius 3 is 1.17 bits per heavy atom. The van der Waals surface area contributed by atoms with Crippen molar-refractivity contribution in [3.8, 4) is 33.4 Å². The van der Waals surface area contributed by atoms with Gasteiger partial charge in [0.1, 0.15) is 0 Å². The largest absolute Gasteiger partial charge is 0.310 e. The predicted octanol–water partition coefficient (Wildman–Crippen LogP) is 20.7. The molecule has 0 radical (unpaired) electrons. The van der Waals surface area contributed by atoms with Crippen molar-refractivity contribution in [3.63, 3.8) is 0 Å². The summed E-state index contributed by atoms with van der Waals surface area (Å²) in [7, 11) is 0. The summed E-state index contributed by atoms with van der Waals surface area (Å²) in [6.45, 7) is 9.46. The van der Waals surface area contributed by atoms with Crippen LogP contribution in [-0.4, -0.2) is 0 Å². The van der Waals surface area contributed by atoms with E-state index in [-0.39, 0.29) is 10.8 Å². The average molecular weight is 971 g/mol. The number of nitrogens with zero attached hydrogens (tertiary/aromatic N) is 2. The Bertz CT molecular complexity index is 4440. The van der Waals surface area contributed by atoms with E-state index in [1.165, 1.54) is 132 Å². The van der Waals surface area contributed by atoms with Crippen LogP contribution < -0.4 is 9.80 Å². The molecule has 13 aromatic rings. The van der Waals surface area contributed by atoms with Gasteiger partial charge in [0.05, 0.1) is 22.7 Å². The third-order valence-corrected chi connectivity index (χ3v) is 17.2. The summed E-state index contributed by atoms with van der Waals surface area (Å²) < 4.78 is 0. The van der Waals surface area contributed by atoms with Crippen molar-refractivity contribution < 1.29 is 0 Å². The molecule has 0 aromatic heterocycles. The van der Waals surface area contributed by atoms with Gasteiger partial charge in [-0.15, -0.1) is 0 Å². The van der Waals surface area contributed by atoms with Crippen molar-refractivity contribution >= 4 is 88.0 Å². The van der Waals surface area contributed by atoms with Gasteiger partial charge in [0.2, 0.25) is 0 Å². The van der Waals surface area contributed by atoms with Crippen LogP contribution in [0.2, 0.25) is 0 Å².